The average molecular weight is 357 g/mol. The van der Waals surface area contributed by atoms with Crippen molar-refractivity contribution in [2.45, 2.75) is 37.9 Å². The van der Waals surface area contributed by atoms with Crippen LogP contribution in [0.5, 0.6) is 0 Å². The van der Waals surface area contributed by atoms with Gasteiger partial charge in [-0.3, -0.25) is 9.59 Å². The summed E-state index contributed by atoms with van der Waals surface area (Å²) in [5.41, 5.74) is -0.879. The number of methoxy groups -OCH3 is 1. The maximum atomic E-state index is 12.6. The Balaban J connectivity index is 2.13. The van der Waals surface area contributed by atoms with E-state index in [0.717, 1.165) is 24.3 Å². The quantitative estimate of drug-likeness (QED) is 0.841. The zero-order chi connectivity index (χ0) is 18.6. The van der Waals surface area contributed by atoms with Gasteiger partial charge in [0.15, 0.2) is 0 Å². The second kappa shape index (κ2) is 7.67. The molecule has 0 radical (unpaired) electrons. The number of ketones is 1. The second-order valence-electron chi connectivity index (χ2n) is 5.94. The van der Waals surface area contributed by atoms with Crippen LogP contribution in [0.25, 0.3) is 0 Å². The van der Waals surface area contributed by atoms with Gasteiger partial charge in [-0.2, -0.15) is 13.2 Å². The van der Waals surface area contributed by atoms with Gasteiger partial charge in [0, 0.05) is 18.4 Å². The fourth-order valence-electron chi connectivity index (χ4n) is 2.87. The molecule has 25 heavy (non-hydrogen) atoms. The molecule has 2 rings (SSSR count). The third kappa shape index (κ3) is 4.80. The highest BCUT2D eigenvalue weighted by molar-refractivity contribution is 5.97. The summed E-state index contributed by atoms with van der Waals surface area (Å²) in [4.78, 5) is 35.9. The summed E-state index contributed by atoms with van der Waals surface area (Å²) in [5, 5.41) is 2.49. The molecule has 0 heterocycles. The summed E-state index contributed by atoms with van der Waals surface area (Å²) in [7, 11) is 1.17. The van der Waals surface area contributed by atoms with Crippen LogP contribution < -0.4 is 5.32 Å². The number of benzene rings is 1. The van der Waals surface area contributed by atoms with Crippen LogP contribution in [-0.4, -0.2) is 30.8 Å². The third-order valence-electron chi connectivity index (χ3n) is 4.21. The summed E-state index contributed by atoms with van der Waals surface area (Å²) in [6.07, 6.45) is -2.69. The first-order valence-electron chi connectivity index (χ1n) is 7.80. The van der Waals surface area contributed by atoms with Crippen molar-refractivity contribution in [2.24, 2.45) is 5.92 Å². The molecular formula is C17H18F3NO4. The lowest BCUT2D eigenvalue weighted by Gasteiger charge is -2.28. The largest absolute Gasteiger partial charge is 0.467 e. The first-order chi connectivity index (χ1) is 11.7. The Hall–Kier alpha value is -2.38. The SMILES string of the molecule is COC(=O)[C@H](NC(=O)c1ccc(C(F)(F)F)cc1)[C@H]1CCCC(=O)C1. The van der Waals surface area contributed by atoms with Crippen molar-refractivity contribution in [2.75, 3.05) is 7.11 Å². The van der Waals surface area contributed by atoms with Crippen molar-refractivity contribution >= 4 is 17.7 Å². The first-order valence-corrected chi connectivity index (χ1v) is 7.80. The van der Waals surface area contributed by atoms with E-state index >= 15 is 0 Å². The summed E-state index contributed by atoms with van der Waals surface area (Å²) < 4.78 is 42.4. The predicted molar refractivity (Wildman–Crippen MR) is 81.7 cm³/mol. The summed E-state index contributed by atoms with van der Waals surface area (Å²) in [5.74, 6) is -1.75. The van der Waals surface area contributed by atoms with E-state index in [4.69, 9.17) is 0 Å². The fourth-order valence-corrected chi connectivity index (χ4v) is 2.87. The lowest BCUT2D eigenvalue weighted by Crippen LogP contribution is -2.48. The van der Waals surface area contributed by atoms with Crippen LogP contribution in [0.3, 0.4) is 0 Å². The van der Waals surface area contributed by atoms with Crippen molar-refractivity contribution in [3.05, 3.63) is 35.4 Å². The molecule has 136 valence electrons. The number of esters is 1. The molecule has 8 heteroatoms. The van der Waals surface area contributed by atoms with Gasteiger partial charge in [-0.1, -0.05) is 0 Å². The van der Waals surface area contributed by atoms with Crippen LogP contribution in [0.15, 0.2) is 24.3 Å². The number of alkyl halides is 3. The highest BCUT2D eigenvalue weighted by atomic mass is 19.4. The Bertz CT molecular complexity index is 655. The van der Waals surface area contributed by atoms with Gasteiger partial charge in [0.2, 0.25) is 0 Å². The van der Waals surface area contributed by atoms with E-state index in [1.807, 2.05) is 0 Å². The van der Waals surface area contributed by atoms with Crippen LogP contribution in [0.4, 0.5) is 13.2 Å². The Morgan fingerprint density at radius 1 is 1.24 bits per heavy atom. The minimum atomic E-state index is -4.49. The van der Waals surface area contributed by atoms with Crippen LogP contribution in [0.1, 0.15) is 41.6 Å². The minimum absolute atomic E-state index is 0.00827. The number of rotatable bonds is 4. The van der Waals surface area contributed by atoms with E-state index in [0.29, 0.717) is 19.3 Å². The highest BCUT2D eigenvalue weighted by Crippen LogP contribution is 2.29. The minimum Gasteiger partial charge on any atom is -0.467 e. The molecular weight excluding hydrogens is 339 g/mol. The maximum absolute atomic E-state index is 12.6. The maximum Gasteiger partial charge on any atom is 0.416 e. The lowest BCUT2D eigenvalue weighted by atomic mass is 9.83. The Morgan fingerprint density at radius 3 is 2.40 bits per heavy atom. The molecule has 0 unspecified atom stereocenters. The molecule has 0 bridgehead atoms. The van der Waals surface area contributed by atoms with Gasteiger partial charge in [0.05, 0.1) is 12.7 Å². The number of Topliss-reactive ketones (excluding diaryl/α,β-unsaturated/α-hetero) is 1. The molecule has 0 spiro atoms. The van der Waals surface area contributed by atoms with E-state index in [1.54, 1.807) is 0 Å². The number of carbonyl (C=O) groups excluding carboxylic acids is 3. The Labute approximate surface area is 142 Å². The van der Waals surface area contributed by atoms with Crippen molar-refractivity contribution < 1.29 is 32.3 Å². The molecule has 0 saturated heterocycles. The van der Waals surface area contributed by atoms with Crippen molar-refractivity contribution in [1.82, 2.24) is 5.32 Å². The predicted octanol–water partition coefficient (Wildman–Crippen LogP) is 2.74. The number of carbonyl (C=O) groups is 3. The third-order valence-corrected chi connectivity index (χ3v) is 4.21. The van der Waals surface area contributed by atoms with E-state index < -0.39 is 29.7 Å². The van der Waals surface area contributed by atoms with Crippen LogP contribution in [0, 0.1) is 5.92 Å². The van der Waals surface area contributed by atoms with Gasteiger partial charge in [-0.05, 0) is 43.0 Å². The standard InChI is InChI=1S/C17H18F3NO4/c1-25-16(24)14(11-3-2-4-13(22)9-11)21-15(23)10-5-7-12(8-6-10)17(18,19)20/h5-8,11,14H,2-4,9H2,1H3,(H,21,23)/t11-,14+/m0/s1. The van der Waals surface area contributed by atoms with Crippen molar-refractivity contribution in [3.63, 3.8) is 0 Å². The number of halogens is 3. The van der Waals surface area contributed by atoms with E-state index in [-0.39, 0.29) is 23.7 Å². The topological polar surface area (TPSA) is 72.5 Å². The Morgan fingerprint density at radius 2 is 1.88 bits per heavy atom. The van der Waals surface area contributed by atoms with E-state index in [2.05, 4.69) is 10.1 Å². The van der Waals surface area contributed by atoms with Gasteiger partial charge in [0.1, 0.15) is 11.8 Å². The normalized spacial score (nSPS) is 19.2. The molecule has 2 atom stereocenters. The fraction of sp³-hybridized carbons (Fsp3) is 0.471. The van der Waals surface area contributed by atoms with Crippen LogP contribution in [0.2, 0.25) is 0 Å². The lowest BCUT2D eigenvalue weighted by molar-refractivity contribution is -0.145. The molecule has 1 aliphatic carbocycles. The summed E-state index contributed by atoms with van der Waals surface area (Å²) in [6.45, 7) is 0. The molecule has 1 aromatic rings. The first kappa shape index (κ1) is 19.0. The molecule has 1 amide bonds. The van der Waals surface area contributed by atoms with Gasteiger partial charge in [0.25, 0.3) is 5.91 Å². The number of amides is 1. The zero-order valence-electron chi connectivity index (χ0n) is 13.6. The number of hydrogen-bond acceptors (Lipinski definition) is 4. The summed E-state index contributed by atoms with van der Waals surface area (Å²) in [6, 6.07) is 2.67. The average Bonchev–Trinajstić information content (AvgIpc) is 2.58. The zero-order valence-corrected chi connectivity index (χ0v) is 13.6. The molecule has 0 aliphatic heterocycles. The van der Waals surface area contributed by atoms with Gasteiger partial charge in [-0.25, -0.2) is 4.79 Å². The number of hydrogen-bond donors (Lipinski definition) is 1. The molecule has 5 nitrogen and oxygen atoms in total. The summed E-state index contributed by atoms with van der Waals surface area (Å²) >= 11 is 0. The molecule has 0 aromatic heterocycles. The Kier molecular flexibility index (Phi) is 5.81. The van der Waals surface area contributed by atoms with E-state index in [9.17, 15) is 27.6 Å². The second-order valence-corrected chi connectivity index (χ2v) is 5.94. The van der Waals surface area contributed by atoms with Crippen molar-refractivity contribution in [1.29, 1.82) is 0 Å². The van der Waals surface area contributed by atoms with Crippen LogP contribution >= 0.6 is 0 Å². The van der Waals surface area contributed by atoms with Gasteiger partial charge >= 0.3 is 12.1 Å². The highest BCUT2D eigenvalue weighted by Gasteiger charge is 2.35. The number of nitrogens with one attached hydrogen (secondary N) is 1. The van der Waals surface area contributed by atoms with Crippen LogP contribution in [-0.2, 0) is 20.5 Å². The smallest absolute Gasteiger partial charge is 0.416 e. The number of ether oxygens (including phenoxy) is 1. The molecule has 1 N–H and O–H groups in total. The van der Waals surface area contributed by atoms with Gasteiger partial charge in [-0.15, -0.1) is 0 Å². The molecule has 1 aliphatic rings. The van der Waals surface area contributed by atoms with Crippen molar-refractivity contribution in [3.8, 4) is 0 Å². The molecule has 1 fully saturated rings. The van der Waals surface area contributed by atoms with Gasteiger partial charge < -0.3 is 10.1 Å². The monoisotopic (exact) mass is 357 g/mol. The molecule has 1 aromatic carbocycles. The molecule has 1 saturated carbocycles. The van der Waals surface area contributed by atoms with E-state index in [1.165, 1.54) is 7.11 Å².